The second kappa shape index (κ2) is 5.75. The Labute approximate surface area is 112 Å². The first-order valence-corrected chi connectivity index (χ1v) is 7.08. The Hall–Kier alpha value is -1.02. The Morgan fingerprint density at radius 2 is 1.06 bits per heavy atom. The minimum Gasteiger partial charge on any atom is -0.336 e. The normalized spacial score (nSPS) is 19.3. The molecule has 0 spiro atoms. The van der Waals surface area contributed by atoms with Crippen molar-refractivity contribution >= 4 is 6.85 Å². The van der Waals surface area contributed by atoms with Gasteiger partial charge in [0.15, 0.2) is 0 Å². The molecule has 0 saturated carbocycles. The van der Waals surface area contributed by atoms with Crippen molar-refractivity contribution in [2.75, 3.05) is 0 Å². The van der Waals surface area contributed by atoms with E-state index in [-0.39, 0.29) is 0 Å². The van der Waals surface area contributed by atoms with Gasteiger partial charge in [-0.1, -0.05) is 76.3 Å². The average molecular weight is 241 g/mol. The number of rotatable bonds is 5. The summed E-state index contributed by atoms with van der Waals surface area (Å²) < 4.78 is 0. The van der Waals surface area contributed by atoms with Crippen LogP contribution in [0.1, 0.15) is 27.7 Å². The molecule has 0 heterocycles. The fourth-order valence-corrected chi connectivity index (χ4v) is 3.29. The van der Waals surface area contributed by atoms with Crippen LogP contribution in [0, 0.1) is 0 Å². The molecule has 2 rings (SSSR count). The monoisotopic (exact) mass is 241 g/mol. The zero-order chi connectivity index (χ0) is 13.1. The van der Waals surface area contributed by atoms with Crippen molar-refractivity contribution < 1.29 is 0 Å². The van der Waals surface area contributed by atoms with Crippen LogP contribution in [0.3, 0.4) is 0 Å². The van der Waals surface area contributed by atoms with Gasteiger partial charge in [0.2, 0.25) is 6.85 Å². The molecular formula is C16H24BN. The summed E-state index contributed by atoms with van der Waals surface area (Å²) in [6.07, 6.45) is 18.1. The fraction of sp³-hybridized carbons (Fsp3) is 0.500. The summed E-state index contributed by atoms with van der Waals surface area (Å²) in [5, 5.41) is 0. The van der Waals surface area contributed by atoms with E-state index in [1.54, 1.807) is 0 Å². The van der Waals surface area contributed by atoms with Crippen LogP contribution >= 0.6 is 0 Å². The molecule has 0 aromatic carbocycles. The first-order valence-electron chi connectivity index (χ1n) is 7.08. The Balaban J connectivity index is 2.27. The van der Waals surface area contributed by atoms with Crippen LogP contribution in [-0.2, 0) is 0 Å². The number of nitrogens with zero attached hydrogens (tertiary/aromatic N) is 1. The van der Waals surface area contributed by atoms with Crippen molar-refractivity contribution in [2.45, 2.75) is 51.4 Å². The lowest BCUT2D eigenvalue weighted by Crippen LogP contribution is -2.51. The maximum atomic E-state index is 2.65. The summed E-state index contributed by atoms with van der Waals surface area (Å²) in [6, 6.07) is 1.14. The highest BCUT2D eigenvalue weighted by Gasteiger charge is 2.37. The van der Waals surface area contributed by atoms with Gasteiger partial charge in [0.05, 0.1) is 0 Å². The molecule has 2 aliphatic carbocycles. The van der Waals surface area contributed by atoms with Gasteiger partial charge in [0.25, 0.3) is 0 Å². The first-order chi connectivity index (χ1) is 8.61. The largest absolute Gasteiger partial charge is 0.336 e. The summed E-state index contributed by atoms with van der Waals surface area (Å²) in [5.74, 6) is 1.07. The number of hydrogen-bond donors (Lipinski definition) is 0. The summed E-state index contributed by atoms with van der Waals surface area (Å²) in [6.45, 7) is 9.75. The molecule has 96 valence electrons. The van der Waals surface area contributed by atoms with Crippen molar-refractivity contribution in [3.63, 3.8) is 0 Å². The van der Waals surface area contributed by atoms with Gasteiger partial charge in [-0.3, -0.25) is 0 Å². The van der Waals surface area contributed by atoms with E-state index < -0.39 is 0 Å². The maximum Gasteiger partial charge on any atom is 0.245 e. The van der Waals surface area contributed by atoms with Gasteiger partial charge in [-0.05, 0) is 23.7 Å². The van der Waals surface area contributed by atoms with Crippen LogP contribution in [0.5, 0.6) is 0 Å². The smallest absolute Gasteiger partial charge is 0.245 e. The predicted molar refractivity (Wildman–Crippen MR) is 81.9 cm³/mol. The minimum absolute atomic E-state index is 0.534. The van der Waals surface area contributed by atoms with Crippen LogP contribution < -0.4 is 0 Å². The standard InChI is InChI=1S/C16H24BN/c1-13(2)18(14(3)4)17(15-9-5-6-10-15)16-11-7-8-12-16/h5-16H,1-4H3. The molecule has 0 saturated heterocycles. The third-order valence-electron chi connectivity index (χ3n) is 3.88. The minimum atomic E-state index is 0.534. The zero-order valence-electron chi connectivity index (χ0n) is 12.0. The predicted octanol–water partition coefficient (Wildman–Crippen LogP) is 4.09. The van der Waals surface area contributed by atoms with Gasteiger partial charge in [-0.2, -0.15) is 0 Å². The second-order valence-electron chi connectivity index (χ2n) is 5.82. The summed E-state index contributed by atoms with van der Waals surface area (Å²) in [4.78, 5) is 2.65. The molecule has 0 aliphatic heterocycles. The Bertz CT molecular complexity index is 330. The molecule has 0 amide bonds. The van der Waals surface area contributed by atoms with Gasteiger partial charge in [-0.25, -0.2) is 0 Å². The van der Waals surface area contributed by atoms with E-state index in [1.807, 2.05) is 0 Å². The lowest BCUT2D eigenvalue weighted by atomic mass is 9.41. The van der Waals surface area contributed by atoms with Crippen molar-refractivity contribution in [3.8, 4) is 0 Å². The summed E-state index contributed by atoms with van der Waals surface area (Å²) in [5.41, 5.74) is 0. The SMILES string of the molecule is CC(C)N(B(C1C=CC=C1)C1C=CC=C1)C(C)C. The highest BCUT2D eigenvalue weighted by molar-refractivity contribution is 6.62. The quantitative estimate of drug-likeness (QED) is 0.655. The van der Waals surface area contributed by atoms with Crippen molar-refractivity contribution in [3.05, 3.63) is 48.6 Å². The lowest BCUT2D eigenvalue weighted by molar-refractivity contribution is 0.299. The fourth-order valence-electron chi connectivity index (χ4n) is 3.29. The van der Waals surface area contributed by atoms with Crippen LogP contribution in [0.4, 0.5) is 0 Å². The van der Waals surface area contributed by atoms with Gasteiger partial charge in [0.1, 0.15) is 0 Å². The van der Waals surface area contributed by atoms with Crippen LogP contribution in [-0.4, -0.2) is 23.7 Å². The Kier molecular flexibility index (Phi) is 4.29. The Morgan fingerprint density at radius 3 is 1.33 bits per heavy atom. The van der Waals surface area contributed by atoms with E-state index in [0.29, 0.717) is 30.6 Å². The highest BCUT2D eigenvalue weighted by Crippen LogP contribution is 2.35. The Morgan fingerprint density at radius 1 is 0.722 bits per heavy atom. The van der Waals surface area contributed by atoms with E-state index in [2.05, 4.69) is 81.1 Å². The zero-order valence-corrected chi connectivity index (χ0v) is 12.0. The molecule has 0 radical (unpaired) electrons. The molecular weight excluding hydrogens is 217 g/mol. The molecule has 1 nitrogen and oxygen atoms in total. The summed E-state index contributed by atoms with van der Waals surface area (Å²) >= 11 is 0. The third-order valence-corrected chi connectivity index (χ3v) is 3.88. The average Bonchev–Trinajstić information content (AvgIpc) is 2.98. The highest BCUT2D eigenvalue weighted by atomic mass is 15.1. The third kappa shape index (κ3) is 2.69. The van der Waals surface area contributed by atoms with Crippen molar-refractivity contribution in [1.29, 1.82) is 0 Å². The molecule has 0 bridgehead atoms. The molecule has 0 aromatic rings. The molecule has 0 unspecified atom stereocenters. The molecule has 2 heteroatoms. The van der Waals surface area contributed by atoms with Gasteiger partial charge < -0.3 is 4.81 Å². The molecule has 2 aliphatic rings. The van der Waals surface area contributed by atoms with Crippen LogP contribution in [0.2, 0.25) is 11.6 Å². The molecule has 0 atom stereocenters. The molecule has 0 aromatic heterocycles. The van der Waals surface area contributed by atoms with Gasteiger partial charge in [0, 0.05) is 0 Å². The van der Waals surface area contributed by atoms with Crippen molar-refractivity contribution in [1.82, 2.24) is 4.81 Å². The number of hydrogen-bond acceptors (Lipinski definition) is 1. The first kappa shape index (κ1) is 13.4. The topological polar surface area (TPSA) is 3.24 Å². The van der Waals surface area contributed by atoms with E-state index in [9.17, 15) is 0 Å². The molecule has 0 fully saturated rings. The van der Waals surface area contributed by atoms with E-state index >= 15 is 0 Å². The summed E-state index contributed by atoms with van der Waals surface area (Å²) in [7, 11) is 0. The van der Waals surface area contributed by atoms with E-state index in [0.717, 1.165) is 0 Å². The van der Waals surface area contributed by atoms with E-state index in [1.165, 1.54) is 0 Å². The molecule has 0 N–H and O–H groups in total. The van der Waals surface area contributed by atoms with Crippen LogP contribution in [0.25, 0.3) is 0 Å². The van der Waals surface area contributed by atoms with Crippen molar-refractivity contribution in [2.24, 2.45) is 0 Å². The van der Waals surface area contributed by atoms with Crippen LogP contribution in [0.15, 0.2) is 48.6 Å². The number of allylic oxidation sites excluding steroid dienone is 8. The second-order valence-corrected chi connectivity index (χ2v) is 5.82. The maximum absolute atomic E-state index is 2.65. The van der Waals surface area contributed by atoms with Gasteiger partial charge in [-0.15, -0.1) is 0 Å². The van der Waals surface area contributed by atoms with Gasteiger partial charge >= 0.3 is 0 Å². The lowest BCUT2D eigenvalue weighted by Gasteiger charge is -2.40. The molecule has 18 heavy (non-hydrogen) atoms. The van der Waals surface area contributed by atoms with E-state index in [4.69, 9.17) is 0 Å².